The van der Waals surface area contributed by atoms with Crippen LogP contribution in [0.3, 0.4) is 0 Å². The average molecular weight is 410 g/mol. The molecule has 9 nitrogen and oxygen atoms in total. The second kappa shape index (κ2) is 7.96. The first-order chi connectivity index (χ1) is 14.5. The van der Waals surface area contributed by atoms with Crippen molar-refractivity contribution >= 4 is 29.4 Å². The van der Waals surface area contributed by atoms with E-state index >= 15 is 0 Å². The molecule has 0 aromatic heterocycles. The highest BCUT2D eigenvalue weighted by molar-refractivity contribution is 6.22. The fraction of sp³-hybridized carbons (Fsp3) is 0.238. The standard InChI is InChI=1S/C21H18N2O7/c24-18(22-13-5-7-17-12(9-13)10-29-11-30-17)8-6-16(21(27)28)23-19(25)14-3-1-2-4-15(14)20(23)26/h1-5,7,9,16H,6,8,10-11H2,(H,22,24)(H,27,28)/t16-/m0/s1. The molecule has 2 aromatic rings. The number of imide groups is 1. The third-order valence-electron chi connectivity index (χ3n) is 4.97. The van der Waals surface area contributed by atoms with Crippen molar-refractivity contribution in [2.45, 2.75) is 25.5 Å². The maximum absolute atomic E-state index is 12.5. The van der Waals surface area contributed by atoms with E-state index in [2.05, 4.69) is 5.32 Å². The molecule has 2 heterocycles. The lowest BCUT2D eigenvalue weighted by atomic mass is 10.1. The lowest BCUT2D eigenvalue weighted by Gasteiger charge is -2.22. The number of carboxylic acids is 1. The summed E-state index contributed by atoms with van der Waals surface area (Å²) >= 11 is 0. The first-order valence-corrected chi connectivity index (χ1v) is 9.29. The van der Waals surface area contributed by atoms with Crippen LogP contribution < -0.4 is 10.1 Å². The molecule has 0 spiro atoms. The van der Waals surface area contributed by atoms with Gasteiger partial charge in [-0.2, -0.15) is 0 Å². The molecular weight excluding hydrogens is 392 g/mol. The van der Waals surface area contributed by atoms with E-state index in [-0.39, 0.29) is 30.8 Å². The molecule has 2 N–H and O–H groups in total. The molecule has 0 aliphatic carbocycles. The Morgan fingerprint density at radius 1 is 1.10 bits per heavy atom. The van der Waals surface area contributed by atoms with Crippen LogP contribution in [0.25, 0.3) is 0 Å². The van der Waals surface area contributed by atoms with Crippen LogP contribution in [0.15, 0.2) is 42.5 Å². The van der Waals surface area contributed by atoms with Gasteiger partial charge in [0.25, 0.3) is 11.8 Å². The molecule has 154 valence electrons. The molecule has 3 amide bonds. The molecule has 2 aromatic carbocycles. The topological polar surface area (TPSA) is 122 Å². The van der Waals surface area contributed by atoms with Crippen molar-refractivity contribution in [3.8, 4) is 5.75 Å². The summed E-state index contributed by atoms with van der Waals surface area (Å²) in [6, 6.07) is 9.82. The summed E-state index contributed by atoms with van der Waals surface area (Å²) < 4.78 is 10.5. The number of carbonyl (C=O) groups is 4. The highest BCUT2D eigenvalue weighted by Gasteiger charge is 2.42. The van der Waals surface area contributed by atoms with E-state index in [1.165, 1.54) is 12.1 Å². The van der Waals surface area contributed by atoms with Crippen molar-refractivity contribution in [3.63, 3.8) is 0 Å². The second-order valence-electron chi connectivity index (χ2n) is 6.90. The molecule has 0 radical (unpaired) electrons. The van der Waals surface area contributed by atoms with Crippen LogP contribution in [0.5, 0.6) is 5.75 Å². The van der Waals surface area contributed by atoms with Gasteiger partial charge in [0.15, 0.2) is 6.79 Å². The predicted molar refractivity (Wildman–Crippen MR) is 103 cm³/mol. The molecule has 0 saturated heterocycles. The largest absolute Gasteiger partial charge is 0.480 e. The number of aliphatic carboxylic acids is 1. The molecule has 0 saturated carbocycles. The van der Waals surface area contributed by atoms with Gasteiger partial charge in [-0.25, -0.2) is 4.79 Å². The van der Waals surface area contributed by atoms with Crippen molar-refractivity contribution in [2.75, 3.05) is 12.1 Å². The van der Waals surface area contributed by atoms with Crippen molar-refractivity contribution in [2.24, 2.45) is 0 Å². The first kappa shape index (κ1) is 19.6. The molecule has 0 fully saturated rings. The Hall–Kier alpha value is -3.72. The number of amides is 3. The fourth-order valence-electron chi connectivity index (χ4n) is 3.51. The summed E-state index contributed by atoms with van der Waals surface area (Å²) in [6.07, 6.45) is -0.391. The molecule has 0 bridgehead atoms. The van der Waals surface area contributed by atoms with Gasteiger partial charge in [-0.1, -0.05) is 12.1 Å². The van der Waals surface area contributed by atoms with Gasteiger partial charge in [0.2, 0.25) is 5.91 Å². The summed E-state index contributed by atoms with van der Waals surface area (Å²) in [5, 5.41) is 12.3. The predicted octanol–water partition coefficient (Wildman–Crippen LogP) is 2.02. The van der Waals surface area contributed by atoms with E-state index in [1.54, 1.807) is 30.3 Å². The minimum absolute atomic E-state index is 0.164. The summed E-state index contributed by atoms with van der Waals surface area (Å²) in [6.45, 7) is 0.535. The van der Waals surface area contributed by atoms with Crippen molar-refractivity contribution in [1.29, 1.82) is 0 Å². The summed E-state index contributed by atoms with van der Waals surface area (Å²) in [4.78, 5) is 49.9. The van der Waals surface area contributed by atoms with Crippen LogP contribution in [0.1, 0.15) is 39.1 Å². The van der Waals surface area contributed by atoms with E-state index < -0.39 is 29.7 Å². The Morgan fingerprint density at radius 3 is 2.47 bits per heavy atom. The molecule has 2 aliphatic rings. The van der Waals surface area contributed by atoms with Gasteiger partial charge in [-0.15, -0.1) is 0 Å². The number of fused-ring (bicyclic) bond motifs is 2. The Kier molecular flexibility index (Phi) is 5.20. The fourth-order valence-corrected chi connectivity index (χ4v) is 3.51. The molecule has 2 aliphatic heterocycles. The maximum Gasteiger partial charge on any atom is 0.326 e. The number of carboxylic acid groups (broad SMARTS) is 1. The molecule has 1 atom stereocenters. The van der Waals surface area contributed by atoms with Gasteiger partial charge in [-0.05, 0) is 36.8 Å². The minimum atomic E-state index is -1.44. The minimum Gasteiger partial charge on any atom is -0.480 e. The number of hydrogen-bond acceptors (Lipinski definition) is 6. The second-order valence-corrected chi connectivity index (χ2v) is 6.90. The summed E-state index contributed by atoms with van der Waals surface area (Å²) in [7, 11) is 0. The van der Waals surface area contributed by atoms with E-state index in [1.807, 2.05) is 0 Å². The van der Waals surface area contributed by atoms with Crippen LogP contribution in [0.4, 0.5) is 5.69 Å². The lowest BCUT2D eigenvalue weighted by Crippen LogP contribution is -2.45. The van der Waals surface area contributed by atoms with Crippen molar-refractivity contribution < 1.29 is 33.8 Å². The number of rotatable bonds is 6. The van der Waals surface area contributed by atoms with Gasteiger partial charge >= 0.3 is 5.97 Å². The van der Waals surface area contributed by atoms with Crippen LogP contribution in [0.2, 0.25) is 0 Å². The zero-order valence-corrected chi connectivity index (χ0v) is 15.8. The molecule has 30 heavy (non-hydrogen) atoms. The summed E-state index contributed by atoms with van der Waals surface area (Å²) in [5.74, 6) is -2.44. The number of hydrogen-bond donors (Lipinski definition) is 2. The lowest BCUT2D eigenvalue weighted by molar-refractivity contribution is -0.141. The third kappa shape index (κ3) is 3.62. The third-order valence-corrected chi connectivity index (χ3v) is 4.97. The number of nitrogens with one attached hydrogen (secondary N) is 1. The Balaban J connectivity index is 1.42. The molecule has 4 rings (SSSR count). The van der Waals surface area contributed by atoms with Crippen LogP contribution in [-0.4, -0.2) is 46.5 Å². The van der Waals surface area contributed by atoms with Crippen LogP contribution in [-0.2, 0) is 20.9 Å². The Bertz CT molecular complexity index is 1010. The van der Waals surface area contributed by atoms with E-state index in [4.69, 9.17) is 9.47 Å². The molecular formula is C21H18N2O7. The van der Waals surface area contributed by atoms with Crippen molar-refractivity contribution in [1.82, 2.24) is 4.90 Å². The highest BCUT2D eigenvalue weighted by Crippen LogP contribution is 2.28. The monoisotopic (exact) mass is 410 g/mol. The van der Waals surface area contributed by atoms with E-state index in [0.717, 1.165) is 5.56 Å². The zero-order valence-electron chi connectivity index (χ0n) is 15.8. The number of ether oxygens (including phenoxy) is 2. The SMILES string of the molecule is O=C(CC[C@@H](C(=O)O)N1C(=O)c2ccccc2C1=O)Nc1ccc2c(c1)COCO2. The summed E-state index contributed by atoms with van der Waals surface area (Å²) in [5.41, 5.74) is 1.63. The number of anilines is 1. The van der Waals surface area contributed by atoms with Gasteiger partial charge in [0, 0.05) is 17.7 Å². The van der Waals surface area contributed by atoms with E-state index in [9.17, 15) is 24.3 Å². The normalized spacial score (nSPS) is 15.8. The quantitative estimate of drug-likeness (QED) is 0.699. The Morgan fingerprint density at radius 2 is 1.80 bits per heavy atom. The first-order valence-electron chi connectivity index (χ1n) is 9.29. The van der Waals surface area contributed by atoms with Crippen LogP contribution in [0, 0.1) is 0 Å². The highest BCUT2D eigenvalue weighted by atomic mass is 16.7. The Labute approximate surface area is 171 Å². The van der Waals surface area contributed by atoms with Crippen molar-refractivity contribution in [3.05, 3.63) is 59.2 Å². The maximum atomic E-state index is 12.5. The van der Waals surface area contributed by atoms with Gasteiger partial charge in [0.1, 0.15) is 11.8 Å². The van der Waals surface area contributed by atoms with Gasteiger partial charge in [0.05, 0.1) is 17.7 Å². The van der Waals surface area contributed by atoms with Gasteiger partial charge in [-0.3, -0.25) is 19.3 Å². The number of carbonyl (C=O) groups excluding carboxylic acids is 3. The zero-order chi connectivity index (χ0) is 21.3. The average Bonchev–Trinajstić information content (AvgIpc) is 2.99. The van der Waals surface area contributed by atoms with E-state index in [0.29, 0.717) is 22.9 Å². The van der Waals surface area contributed by atoms with Crippen LogP contribution >= 0.6 is 0 Å². The number of nitrogens with zero attached hydrogens (tertiary/aromatic N) is 1. The molecule has 0 unspecified atom stereocenters. The molecule has 9 heteroatoms. The number of benzene rings is 2. The van der Waals surface area contributed by atoms with Gasteiger partial charge < -0.3 is 19.9 Å². The smallest absolute Gasteiger partial charge is 0.326 e.